The molecule has 3 nitrogen and oxygen atoms in total. The van der Waals surface area contributed by atoms with Crippen molar-refractivity contribution in [1.82, 2.24) is 13.7 Å². The van der Waals surface area contributed by atoms with Gasteiger partial charge in [-0.1, -0.05) is 291 Å². The highest BCUT2D eigenvalue weighted by atomic mass is 15.0. The Morgan fingerprint density at radius 1 is 0.213 bits per heavy atom. The molecule has 18 rings (SSSR count). The molecule has 1 aliphatic rings. The molecule has 3 heterocycles. The van der Waals surface area contributed by atoms with E-state index in [1.165, 1.54) is 116 Å². The van der Waals surface area contributed by atoms with Crippen molar-refractivity contribution in [3.05, 3.63) is 392 Å². The molecule has 1 aliphatic carbocycles. The second-order valence-electron chi connectivity index (χ2n) is 24.6. The smallest absolute Gasteiger partial charge is 0.0619 e. The molecule has 17 aromatic rings. The van der Waals surface area contributed by atoms with Gasteiger partial charge in [-0.25, -0.2) is 0 Å². The molecule has 1 unspecified atom stereocenters. The molecule has 0 radical (unpaired) electrons. The zero-order valence-electron chi connectivity index (χ0n) is 51.6. The Bertz CT molecular complexity index is 5440. The molecule has 0 amide bonds. The molecule has 1 atom stereocenters. The number of allylic oxidation sites excluding steroid dienone is 1. The Morgan fingerprint density at radius 2 is 0.564 bits per heavy atom. The second-order valence-corrected chi connectivity index (χ2v) is 24.6. The highest BCUT2D eigenvalue weighted by Gasteiger charge is 2.34. The van der Waals surface area contributed by atoms with E-state index in [2.05, 4.69) is 378 Å². The monoisotopic (exact) mass is 1200 g/mol. The first-order chi connectivity index (χ1) is 46.7. The summed E-state index contributed by atoms with van der Waals surface area (Å²) in [4.78, 5) is 0. The number of nitrogens with zero attached hydrogens (tertiary/aromatic N) is 3. The van der Waals surface area contributed by atoms with Gasteiger partial charge in [0.05, 0.1) is 33.5 Å². The molecular weight excluding hydrogens is 1140 g/mol. The number of benzene rings is 14. The number of aromatic nitrogens is 3. The van der Waals surface area contributed by atoms with E-state index in [9.17, 15) is 0 Å². The zero-order valence-corrected chi connectivity index (χ0v) is 51.6. The predicted octanol–water partition coefficient (Wildman–Crippen LogP) is 23.8. The molecule has 3 aromatic heterocycles. The Morgan fingerprint density at radius 3 is 1.04 bits per heavy atom. The fraction of sp³-hybridized carbons (Fsp3) is 0.0110. The van der Waals surface area contributed by atoms with Crippen molar-refractivity contribution in [2.45, 2.75) is 5.92 Å². The molecule has 0 saturated carbocycles. The third-order valence-corrected chi connectivity index (χ3v) is 19.4. The van der Waals surface area contributed by atoms with Gasteiger partial charge in [0.15, 0.2) is 0 Å². The van der Waals surface area contributed by atoms with Crippen molar-refractivity contribution in [2.24, 2.45) is 0 Å². The zero-order chi connectivity index (χ0) is 62.1. The Hall–Kier alpha value is -12.3. The largest absolute Gasteiger partial charge is 0.309 e. The van der Waals surface area contributed by atoms with Gasteiger partial charge in [0.1, 0.15) is 0 Å². The second kappa shape index (κ2) is 22.9. The molecule has 0 fully saturated rings. The van der Waals surface area contributed by atoms with Crippen LogP contribution < -0.4 is 0 Å². The van der Waals surface area contributed by atoms with Crippen LogP contribution in [-0.4, -0.2) is 13.7 Å². The quantitative estimate of drug-likeness (QED) is 0.116. The van der Waals surface area contributed by atoms with Crippen LogP contribution in [0.5, 0.6) is 0 Å². The molecule has 0 aliphatic heterocycles. The molecule has 94 heavy (non-hydrogen) atoms. The van der Waals surface area contributed by atoms with E-state index in [0.717, 1.165) is 50.3 Å². The average Bonchev–Trinajstić information content (AvgIpc) is 1.65. The summed E-state index contributed by atoms with van der Waals surface area (Å²) in [6.45, 7) is 0. The van der Waals surface area contributed by atoms with Crippen LogP contribution in [0, 0.1) is 0 Å². The number of hydrogen-bond donors (Lipinski definition) is 0. The van der Waals surface area contributed by atoms with Gasteiger partial charge >= 0.3 is 0 Å². The fourth-order valence-electron chi connectivity index (χ4n) is 15.2. The summed E-state index contributed by atoms with van der Waals surface area (Å²) >= 11 is 0. The lowest BCUT2D eigenvalue weighted by molar-refractivity contribution is 1.07. The standard InChI is InChI=1S/C91H61N3/c1-7-25-63(26-8-1)85-75-37-19-20-38-76(75)86(89(85)64-27-9-2-10-28-64)65-51-55-74(56-52-65)92-83-57-53-70(61-43-47-66(48-44-61)87-77-39-21-23-41-81(77)93(72-33-15-5-16-34-72)90(87)68-29-11-3-12-30-68)59-79(83)80-60-71(54-58-84(80)92)62-45-49-67(50-46-62)88-78-40-22-24-42-82(78)94(73-35-17-6-18-36-73)91(88)69-31-13-4-14-32-69/h1-60,85H. The van der Waals surface area contributed by atoms with Crippen LogP contribution >= 0.6 is 0 Å². The van der Waals surface area contributed by atoms with Crippen molar-refractivity contribution in [3.8, 4) is 84.1 Å². The number of para-hydroxylation sites is 4. The lowest BCUT2D eigenvalue weighted by atomic mass is 9.84. The Balaban J connectivity index is 0.783. The van der Waals surface area contributed by atoms with Gasteiger partial charge in [0.25, 0.3) is 0 Å². The highest BCUT2D eigenvalue weighted by molar-refractivity contribution is 6.13. The summed E-state index contributed by atoms with van der Waals surface area (Å²) in [5, 5.41) is 4.83. The number of rotatable bonds is 12. The van der Waals surface area contributed by atoms with E-state index in [0.29, 0.717) is 0 Å². The van der Waals surface area contributed by atoms with Gasteiger partial charge in [-0.05, 0) is 156 Å². The normalized spacial score (nSPS) is 13.0. The molecule has 14 aromatic carbocycles. The lowest BCUT2D eigenvalue weighted by Crippen LogP contribution is -2.01. The summed E-state index contributed by atoms with van der Waals surface area (Å²) in [6, 6.07) is 134. The van der Waals surface area contributed by atoms with E-state index < -0.39 is 0 Å². The summed E-state index contributed by atoms with van der Waals surface area (Å²) in [5.74, 6) is 0.101. The molecule has 0 saturated heterocycles. The lowest BCUT2D eigenvalue weighted by Gasteiger charge is -2.19. The highest BCUT2D eigenvalue weighted by Crippen LogP contribution is 2.53. The van der Waals surface area contributed by atoms with Crippen molar-refractivity contribution in [3.63, 3.8) is 0 Å². The Labute approximate surface area is 546 Å². The van der Waals surface area contributed by atoms with E-state index in [-0.39, 0.29) is 5.92 Å². The third-order valence-electron chi connectivity index (χ3n) is 19.4. The summed E-state index contributed by atoms with van der Waals surface area (Å²) in [6.07, 6.45) is 0. The first-order valence-corrected chi connectivity index (χ1v) is 32.5. The van der Waals surface area contributed by atoms with Crippen molar-refractivity contribution < 1.29 is 0 Å². The van der Waals surface area contributed by atoms with E-state index in [1.54, 1.807) is 0 Å². The Kier molecular flexibility index (Phi) is 13.3. The maximum atomic E-state index is 2.47. The number of fused-ring (bicyclic) bond motifs is 6. The molecular formula is C91H61N3. The minimum atomic E-state index is 0.101. The van der Waals surface area contributed by atoms with Crippen LogP contribution in [0.2, 0.25) is 0 Å². The summed E-state index contributed by atoms with van der Waals surface area (Å²) in [7, 11) is 0. The minimum Gasteiger partial charge on any atom is -0.309 e. The molecule has 0 spiro atoms. The van der Waals surface area contributed by atoms with Crippen LogP contribution in [0.3, 0.4) is 0 Å². The maximum absolute atomic E-state index is 2.47. The predicted molar refractivity (Wildman–Crippen MR) is 394 cm³/mol. The first kappa shape index (κ1) is 54.6. The van der Waals surface area contributed by atoms with Crippen molar-refractivity contribution >= 4 is 54.8 Å². The van der Waals surface area contributed by atoms with Crippen LogP contribution in [0.4, 0.5) is 0 Å². The van der Waals surface area contributed by atoms with Gasteiger partial charge in [-0.3, -0.25) is 0 Å². The molecule has 0 N–H and O–H groups in total. The molecule has 0 bridgehead atoms. The average molecular weight is 1200 g/mol. The van der Waals surface area contributed by atoms with Crippen LogP contribution in [-0.2, 0) is 0 Å². The van der Waals surface area contributed by atoms with Gasteiger partial charge in [0, 0.05) is 55.7 Å². The van der Waals surface area contributed by atoms with Gasteiger partial charge in [0.2, 0.25) is 0 Å². The van der Waals surface area contributed by atoms with Gasteiger partial charge in [-0.2, -0.15) is 0 Å². The van der Waals surface area contributed by atoms with E-state index in [4.69, 9.17) is 0 Å². The third kappa shape index (κ3) is 9.12. The SMILES string of the molecule is c1ccc(C2=C(c3ccc(-n4c5ccc(-c6ccc(-c7c(-c8ccccc8)n(-c8ccccc8)c8ccccc78)cc6)cc5c5cc(-c6ccc(-c7c(-c8ccccc8)n(-c8ccccc8)c8ccccc78)cc6)ccc54)cc3)c3ccccc3C2c2ccccc2)cc1. The van der Waals surface area contributed by atoms with E-state index in [1.807, 2.05) is 0 Å². The van der Waals surface area contributed by atoms with Crippen LogP contribution in [0.25, 0.3) is 139 Å². The topological polar surface area (TPSA) is 14.8 Å². The van der Waals surface area contributed by atoms with Gasteiger partial charge in [-0.15, -0.1) is 0 Å². The fourth-order valence-corrected chi connectivity index (χ4v) is 15.2. The molecule has 440 valence electrons. The van der Waals surface area contributed by atoms with Crippen LogP contribution in [0.1, 0.15) is 33.7 Å². The first-order valence-electron chi connectivity index (χ1n) is 32.5. The van der Waals surface area contributed by atoms with Crippen molar-refractivity contribution in [1.29, 1.82) is 0 Å². The molecule has 3 heteroatoms. The van der Waals surface area contributed by atoms with E-state index >= 15 is 0 Å². The van der Waals surface area contributed by atoms with Crippen molar-refractivity contribution in [2.75, 3.05) is 0 Å². The summed E-state index contributed by atoms with van der Waals surface area (Å²) < 4.78 is 7.32. The number of hydrogen-bond acceptors (Lipinski definition) is 0. The minimum absolute atomic E-state index is 0.101. The van der Waals surface area contributed by atoms with Gasteiger partial charge < -0.3 is 13.7 Å². The summed E-state index contributed by atoms with van der Waals surface area (Å²) in [5.41, 5.74) is 31.2. The van der Waals surface area contributed by atoms with Crippen LogP contribution in [0.15, 0.2) is 364 Å². The maximum Gasteiger partial charge on any atom is 0.0619 e.